The average molecular weight is 534 g/mol. The third-order valence-corrected chi connectivity index (χ3v) is 10.8. The molecule has 5 aliphatic rings. The first-order valence-electron chi connectivity index (χ1n) is 13.6. The van der Waals surface area contributed by atoms with Gasteiger partial charge in [0.15, 0.2) is 0 Å². The summed E-state index contributed by atoms with van der Waals surface area (Å²) in [5, 5.41) is 13.4. The maximum absolute atomic E-state index is 13.3. The number of nitrogens with one attached hydrogen (secondary N) is 1. The lowest BCUT2D eigenvalue weighted by Gasteiger charge is -2.47. The molecule has 4 heterocycles. The van der Waals surface area contributed by atoms with Crippen LogP contribution in [0.3, 0.4) is 0 Å². The fourth-order valence-electron chi connectivity index (χ4n) is 7.34. The topological polar surface area (TPSA) is 159 Å². The van der Waals surface area contributed by atoms with Gasteiger partial charge in [-0.1, -0.05) is 13.8 Å². The van der Waals surface area contributed by atoms with Crippen LogP contribution in [-0.2, 0) is 19.2 Å². The van der Waals surface area contributed by atoms with Gasteiger partial charge in [-0.05, 0) is 43.6 Å². The van der Waals surface area contributed by atoms with E-state index in [9.17, 15) is 24.3 Å². The number of Topliss-reactive ketones (excluding diaryl/α,β-unsaturated/α-hetero) is 1. The van der Waals surface area contributed by atoms with E-state index in [1.165, 1.54) is 16.7 Å². The number of carboxylic acids is 1. The summed E-state index contributed by atoms with van der Waals surface area (Å²) in [5.74, 6) is -1.07. The standard InChI is InChI=1S/C26H39N5O5S/c1-12(7-16(32)5-6-27)19-21-13(2)23(22(26(35)36)31(21)25(19)34)37-17-8-18(29-9-17)24(33)30-10-14-3-4-15(11-30)20(14)28/h12-15,17-21,29H,3-11,27-28H2,1-2H3,(H,35,36)/t12-,13+,14-,15+,17-,18?,19+,20?,21-/m0/s1. The molecule has 10 nitrogen and oxygen atoms in total. The maximum Gasteiger partial charge on any atom is 0.353 e. The first-order valence-corrected chi connectivity index (χ1v) is 14.5. The van der Waals surface area contributed by atoms with Gasteiger partial charge in [0.05, 0.1) is 18.0 Å². The van der Waals surface area contributed by atoms with Gasteiger partial charge in [-0.2, -0.15) is 0 Å². The van der Waals surface area contributed by atoms with Crippen molar-refractivity contribution in [3.8, 4) is 0 Å². The molecule has 2 amide bonds. The maximum atomic E-state index is 13.3. The highest BCUT2D eigenvalue weighted by Crippen LogP contribution is 2.53. The number of hydrogen-bond donors (Lipinski definition) is 4. The van der Waals surface area contributed by atoms with Crippen LogP contribution in [0.5, 0.6) is 0 Å². The summed E-state index contributed by atoms with van der Waals surface area (Å²) in [6, 6.07) is -0.328. The molecule has 204 valence electrons. The molecule has 2 bridgehead atoms. The molecule has 4 aliphatic heterocycles. The Morgan fingerprint density at radius 2 is 1.89 bits per heavy atom. The predicted molar refractivity (Wildman–Crippen MR) is 139 cm³/mol. The number of β-lactam (4-membered cyclic amide) rings is 1. The summed E-state index contributed by atoms with van der Waals surface area (Å²) in [5.41, 5.74) is 11.9. The van der Waals surface area contributed by atoms with Crippen molar-refractivity contribution in [3.63, 3.8) is 0 Å². The Morgan fingerprint density at radius 1 is 1.22 bits per heavy atom. The van der Waals surface area contributed by atoms with Crippen LogP contribution in [0, 0.1) is 29.6 Å². The monoisotopic (exact) mass is 533 g/mol. The number of nitrogens with two attached hydrogens (primary N) is 2. The number of carbonyl (C=O) groups is 4. The molecule has 2 unspecified atom stereocenters. The first-order chi connectivity index (χ1) is 17.6. The summed E-state index contributed by atoms with van der Waals surface area (Å²) < 4.78 is 0. The Balaban J connectivity index is 1.23. The largest absolute Gasteiger partial charge is 0.477 e. The van der Waals surface area contributed by atoms with Crippen molar-refractivity contribution < 1.29 is 24.3 Å². The number of carbonyl (C=O) groups excluding carboxylic acids is 3. The van der Waals surface area contributed by atoms with Crippen LogP contribution < -0.4 is 16.8 Å². The Morgan fingerprint density at radius 3 is 2.51 bits per heavy atom. The number of amides is 2. The minimum Gasteiger partial charge on any atom is -0.477 e. The summed E-state index contributed by atoms with van der Waals surface area (Å²) in [4.78, 5) is 54.9. The minimum atomic E-state index is -1.10. The van der Waals surface area contributed by atoms with Gasteiger partial charge >= 0.3 is 5.97 Å². The second-order valence-corrected chi connectivity index (χ2v) is 13.0. The number of hydrogen-bond acceptors (Lipinski definition) is 8. The van der Waals surface area contributed by atoms with Crippen molar-refractivity contribution in [2.45, 2.75) is 69.3 Å². The van der Waals surface area contributed by atoms with Gasteiger partial charge in [0, 0.05) is 54.6 Å². The second kappa shape index (κ2) is 10.3. The molecule has 1 aliphatic carbocycles. The zero-order valence-corrected chi connectivity index (χ0v) is 22.4. The van der Waals surface area contributed by atoms with Crippen molar-refractivity contribution in [1.82, 2.24) is 15.1 Å². The van der Waals surface area contributed by atoms with E-state index >= 15 is 0 Å². The number of thioether (sulfide) groups is 1. The summed E-state index contributed by atoms with van der Waals surface area (Å²) in [7, 11) is 0. The van der Waals surface area contributed by atoms with E-state index in [4.69, 9.17) is 11.5 Å². The number of rotatable bonds is 9. The lowest BCUT2D eigenvalue weighted by Crippen LogP contribution is -2.62. The van der Waals surface area contributed by atoms with E-state index in [-0.39, 0.29) is 83.8 Å². The fourth-order valence-corrected chi connectivity index (χ4v) is 8.82. The van der Waals surface area contributed by atoms with Crippen molar-refractivity contribution in [2.75, 3.05) is 26.2 Å². The van der Waals surface area contributed by atoms with E-state index in [1.807, 2.05) is 18.7 Å². The van der Waals surface area contributed by atoms with Crippen molar-refractivity contribution in [3.05, 3.63) is 10.6 Å². The van der Waals surface area contributed by atoms with Crippen LogP contribution in [0.4, 0.5) is 0 Å². The van der Waals surface area contributed by atoms with E-state index < -0.39 is 5.97 Å². The van der Waals surface area contributed by atoms with Gasteiger partial charge in [-0.15, -0.1) is 11.8 Å². The quantitative estimate of drug-likeness (QED) is 0.307. The lowest BCUT2D eigenvalue weighted by molar-refractivity contribution is -0.160. The number of likely N-dealkylation sites (tertiary alicyclic amines) is 1. The normalized spacial score (nSPS) is 37.6. The SMILES string of the molecule is C[C@@H](CC(=O)CCN)[C@H]1C(=O)N2C(C(=O)O)=C(S[C@@H]3CNC(C(=O)N4C[C@H]5CC[C@@H](C4)C5N)C3)[C@H](C)[C@@H]12. The van der Waals surface area contributed by atoms with E-state index in [0.29, 0.717) is 29.7 Å². The van der Waals surface area contributed by atoms with E-state index in [0.717, 1.165) is 25.9 Å². The Labute approximate surface area is 221 Å². The predicted octanol–water partition coefficient (Wildman–Crippen LogP) is 0.363. The zero-order valence-electron chi connectivity index (χ0n) is 21.6. The summed E-state index contributed by atoms with van der Waals surface area (Å²) in [6.07, 6.45) is 3.36. The smallest absolute Gasteiger partial charge is 0.353 e. The molecule has 0 aromatic rings. The molecule has 0 spiro atoms. The van der Waals surface area contributed by atoms with Crippen LogP contribution in [0.25, 0.3) is 0 Å². The fraction of sp³-hybridized carbons (Fsp3) is 0.769. The van der Waals surface area contributed by atoms with Gasteiger partial charge < -0.3 is 31.7 Å². The van der Waals surface area contributed by atoms with Crippen LogP contribution in [0.2, 0.25) is 0 Å². The first kappa shape index (κ1) is 26.6. The molecule has 0 aromatic carbocycles. The van der Waals surface area contributed by atoms with Crippen molar-refractivity contribution in [1.29, 1.82) is 0 Å². The van der Waals surface area contributed by atoms with Gasteiger partial charge in [-0.3, -0.25) is 14.4 Å². The van der Waals surface area contributed by atoms with Gasteiger partial charge in [0.2, 0.25) is 11.8 Å². The summed E-state index contributed by atoms with van der Waals surface area (Å²) in [6.45, 7) is 6.21. The Kier molecular flexibility index (Phi) is 7.43. The second-order valence-electron chi connectivity index (χ2n) is 11.6. The number of fused-ring (bicyclic) bond motifs is 3. The molecule has 1 saturated carbocycles. The van der Waals surface area contributed by atoms with Crippen molar-refractivity contribution >= 4 is 35.3 Å². The van der Waals surface area contributed by atoms with Crippen LogP contribution >= 0.6 is 11.8 Å². The van der Waals surface area contributed by atoms with E-state index in [2.05, 4.69) is 5.32 Å². The summed E-state index contributed by atoms with van der Waals surface area (Å²) >= 11 is 1.49. The van der Waals surface area contributed by atoms with Crippen molar-refractivity contribution in [2.24, 2.45) is 41.1 Å². The van der Waals surface area contributed by atoms with Crippen LogP contribution in [0.1, 0.15) is 46.0 Å². The molecule has 5 rings (SSSR count). The number of aliphatic carboxylic acids is 1. The average Bonchev–Trinajstić information content (AvgIpc) is 3.44. The molecule has 6 N–H and O–H groups in total. The van der Waals surface area contributed by atoms with E-state index in [1.54, 1.807) is 0 Å². The third-order valence-electron chi connectivity index (χ3n) is 9.28. The lowest BCUT2D eigenvalue weighted by atomic mass is 9.73. The molecule has 11 heteroatoms. The molecule has 0 aromatic heterocycles. The number of carboxylic acid groups (broad SMARTS) is 1. The van der Waals surface area contributed by atoms with Crippen LogP contribution in [-0.4, -0.2) is 88.0 Å². The molecule has 3 saturated heterocycles. The minimum absolute atomic E-state index is 0.0318. The molecule has 4 fully saturated rings. The third kappa shape index (κ3) is 4.62. The van der Waals surface area contributed by atoms with Gasteiger partial charge in [0.1, 0.15) is 11.5 Å². The number of piperidine rings is 1. The highest BCUT2D eigenvalue weighted by Gasteiger charge is 2.60. The number of nitrogens with zero attached hydrogens (tertiary/aromatic N) is 2. The highest BCUT2D eigenvalue weighted by atomic mass is 32.2. The molecule has 0 radical (unpaired) electrons. The van der Waals surface area contributed by atoms with Gasteiger partial charge in [-0.25, -0.2) is 4.79 Å². The zero-order chi connectivity index (χ0) is 26.6. The molecular formula is C26H39N5O5S. The number of ketones is 1. The van der Waals surface area contributed by atoms with Crippen LogP contribution in [0.15, 0.2) is 10.6 Å². The molecule has 37 heavy (non-hydrogen) atoms. The van der Waals surface area contributed by atoms with Gasteiger partial charge in [0.25, 0.3) is 0 Å². The highest BCUT2D eigenvalue weighted by molar-refractivity contribution is 8.03. The molecule has 9 atom stereocenters. The molecular weight excluding hydrogens is 494 g/mol. The Hall–Kier alpha value is -1.95. The Bertz CT molecular complexity index is 1010.